The van der Waals surface area contributed by atoms with Crippen molar-refractivity contribution in [2.45, 2.75) is 44.9 Å². The van der Waals surface area contributed by atoms with Gasteiger partial charge in [-0.05, 0) is 65.8 Å². The van der Waals surface area contributed by atoms with Gasteiger partial charge in [0, 0.05) is 29.4 Å². The molecule has 0 spiro atoms. The van der Waals surface area contributed by atoms with Crippen LogP contribution < -0.4 is 5.32 Å². The van der Waals surface area contributed by atoms with E-state index in [4.69, 9.17) is 0 Å². The van der Waals surface area contributed by atoms with Crippen molar-refractivity contribution in [1.82, 2.24) is 5.32 Å². The van der Waals surface area contributed by atoms with Crippen molar-refractivity contribution in [3.05, 3.63) is 88.6 Å². The number of nitriles is 1. The summed E-state index contributed by atoms with van der Waals surface area (Å²) in [6.45, 7) is 12.7. The van der Waals surface area contributed by atoms with Crippen molar-refractivity contribution in [3.63, 3.8) is 0 Å². The van der Waals surface area contributed by atoms with Gasteiger partial charge in [-0.3, -0.25) is 4.99 Å². The molecule has 0 saturated carbocycles. The van der Waals surface area contributed by atoms with Gasteiger partial charge in [-0.1, -0.05) is 50.3 Å². The third-order valence-corrected chi connectivity index (χ3v) is 6.68. The van der Waals surface area contributed by atoms with Crippen LogP contribution in [0.3, 0.4) is 0 Å². The zero-order chi connectivity index (χ0) is 22.2. The smallest absolute Gasteiger partial charge is 0.0994 e. The molecule has 1 N–H and O–H groups in total. The molecule has 1 atom stereocenters. The third-order valence-electron chi connectivity index (χ3n) is 5.57. The van der Waals surface area contributed by atoms with Crippen LogP contribution in [0.5, 0.6) is 0 Å². The van der Waals surface area contributed by atoms with Gasteiger partial charge >= 0.3 is 0 Å². The van der Waals surface area contributed by atoms with E-state index in [1.807, 2.05) is 18.3 Å². The van der Waals surface area contributed by atoms with E-state index in [9.17, 15) is 5.26 Å². The van der Waals surface area contributed by atoms with Crippen LogP contribution in [0.15, 0.2) is 60.2 Å². The normalized spacial score (nSPS) is 15.5. The minimum absolute atomic E-state index is 0.377. The van der Waals surface area contributed by atoms with Crippen LogP contribution in [-0.4, -0.2) is 13.3 Å². The second-order valence-corrected chi connectivity index (χ2v) is 9.34. The van der Waals surface area contributed by atoms with Crippen LogP contribution in [0.2, 0.25) is 0 Å². The molecule has 2 aromatic rings. The van der Waals surface area contributed by atoms with E-state index >= 15 is 0 Å². The Balaban J connectivity index is 1.80. The maximum atomic E-state index is 9.58. The summed E-state index contributed by atoms with van der Waals surface area (Å²) < 4.78 is 0. The second-order valence-electron chi connectivity index (χ2n) is 8.33. The molecular weight excluding hydrogens is 398 g/mol. The Kier molecular flexibility index (Phi) is 8.28. The number of benzene rings is 2. The van der Waals surface area contributed by atoms with E-state index in [1.54, 1.807) is 11.8 Å². The number of hydrogen-bond donors (Lipinski definition) is 1. The van der Waals surface area contributed by atoms with Crippen LogP contribution in [0.1, 0.15) is 59.7 Å². The summed E-state index contributed by atoms with van der Waals surface area (Å²) in [5.41, 5.74) is 7.10. The first-order valence-corrected chi connectivity index (χ1v) is 11.8. The monoisotopic (exact) mass is 429 g/mol. The van der Waals surface area contributed by atoms with Gasteiger partial charge < -0.3 is 5.32 Å². The highest BCUT2D eigenvalue weighted by molar-refractivity contribution is 8.07. The Morgan fingerprint density at radius 3 is 2.90 bits per heavy atom. The fraction of sp³-hybridized carbons (Fsp3) is 0.333. The molecule has 1 aliphatic carbocycles. The Bertz CT molecular complexity index is 1010. The van der Waals surface area contributed by atoms with E-state index < -0.39 is 0 Å². The van der Waals surface area contributed by atoms with E-state index in [2.05, 4.69) is 73.9 Å². The molecule has 3 nitrogen and oxygen atoms in total. The minimum atomic E-state index is 0.377. The predicted octanol–water partition coefficient (Wildman–Crippen LogP) is 6.45. The fourth-order valence-electron chi connectivity index (χ4n) is 4.19. The standard InChI is InChI=1S/C27H31N3S/c1-5-13-30-26-12-11-23-24(26)7-6-8-25(23)27(17-29-4)31-18-20-9-10-21(14-19(2)3)22(15-20)16-28/h5-10,15,17,19,26,30H,1,4,11-14,18H2,2-3H3/b27-17-. The molecule has 0 amide bonds. The van der Waals surface area contributed by atoms with Gasteiger partial charge in [-0.25, -0.2) is 0 Å². The van der Waals surface area contributed by atoms with Gasteiger partial charge in [-0.15, -0.1) is 18.3 Å². The highest BCUT2D eigenvalue weighted by atomic mass is 32.2. The highest BCUT2D eigenvalue weighted by Gasteiger charge is 2.25. The summed E-state index contributed by atoms with van der Waals surface area (Å²) >= 11 is 1.76. The van der Waals surface area contributed by atoms with Crippen LogP contribution >= 0.6 is 11.8 Å². The van der Waals surface area contributed by atoms with Crippen LogP contribution in [-0.2, 0) is 18.6 Å². The maximum Gasteiger partial charge on any atom is 0.0994 e. The minimum Gasteiger partial charge on any atom is -0.306 e. The zero-order valence-electron chi connectivity index (χ0n) is 18.5. The van der Waals surface area contributed by atoms with Crippen molar-refractivity contribution in [3.8, 4) is 6.07 Å². The number of fused-ring (bicyclic) bond motifs is 1. The summed E-state index contributed by atoms with van der Waals surface area (Å²) in [6.07, 6.45) is 6.86. The summed E-state index contributed by atoms with van der Waals surface area (Å²) in [5, 5.41) is 13.1. The van der Waals surface area contributed by atoms with Gasteiger partial charge in [0.2, 0.25) is 0 Å². The highest BCUT2D eigenvalue weighted by Crippen LogP contribution is 2.40. The zero-order valence-corrected chi connectivity index (χ0v) is 19.3. The first-order valence-electron chi connectivity index (χ1n) is 10.8. The van der Waals surface area contributed by atoms with Crippen LogP contribution in [0, 0.1) is 17.2 Å². The SMILES string of the molecule is C=CCNC1CCc2c(/C(=C/N=C)SCc3ccc(CC(C)C)c(C#N)c3)cccc21. The first kappa shape index (κ1) is 23.1. The van der Waals surface area contributed by atoms with Gasteiger partial charge in [-0.2, -0.15) is 5.26 Å². The number of nitrogens with one attached hydrogen (secondary N) is 1. The quantitative estimate of drug-likeness (QED) is 0.349. The molecule has 1 aliphatic rings. The largest absolute Gasteiger partial charge is 0.306 e. The van der Waals surface area contributed by atoms with E-state index in [0.717, 1.165) is 53.2 Å². The number of aliphatic imine (C=N–C) groups is 1. The molecule has 0 saturated heterocycles. The predicted molar refractivity (Wildman–Crippen MR) is 134 cm³/mol. The average Bonchev–Trinajstić information content (AvgIpc) is 3.18. The molecule has 4 heteroatoms. The van der Waals surface area contributed by atoms with Gasteiger partial charge in [0.1, 0.15) is 0 Å². The summed E-state index contributed by atoms with van der Waals surface area (Å²) in [5.74, 6) is 1.32. The Morgan fingerprint density at radius 2 is 2.19 bits per heavy atom. The maximum absolute atomic E-state index is 9.58. The number of rotatable bonds is 10. The molecule has 0 aromatic heterocycles. The van der Waals surface area contributed by atoms with E-state index in [-0.39, 0.29) is 0 Å². The first-order chi connectivity index (χ1) is 15.1. The molecule has 0 bridgehead atoms. The number of thioether (sulfide) groups is 1. The Hall–Kier alpha value is -2.61. The van der Waals surface area contributed by atoms with Crippen molar-refractivity contribution in [2.24, 2.45) is 10.9 Å². The topological polar surface area (TPSA) is 48.2 Å². The molecule has 0 aliphatic heterocycles. The lowest BCUT2D eigenvalue weighted by Crippen LogP contribution is -2.18. The van der Waals surface area contributed by atoms with Crippen molar-refractivity contribution >= 4 is 23.4 Å². The lowest BCUT2D eigenvalue weighted by molar-refractivity contribution is 0.564. The fourth-order valence-corrected chi connectivity index (χ4v) is 5.18. The molecular formula is C27H31N3S. The van der Waals surface area contributed by atoms with Crippen molar-refractivity contribution in [2.75, 3.05) is 6.54 Å². The second kappa shape index (κ2) is 11.1. The van der Waals surface area contributed by atoms with E-state index in [0.29, 0.717) is 12.0 Å². The van der Waals surface area contributed by atoms with Crippen LogP contribution in [0.4, 0.5) is 0 Å². The van der Waals surface area contributed by atoms with Crippen LogP contribution in [0.25, 0.3) is 4.91 Å². The van der Waals surface area contributed by atoms with E-state index in [1.165, 1.54) is 16.7 Å². The van der Waals surface area contributed by atoms with Gasteiger partial charge in [0.15, 0.2) is 0 Å². The average molecular weight is 430 g/mol. The molecule has 0 radical (unpaired) electrons. The molecule has 1 unspecified atom stereocenters. The van der Waals surface area contributed by atoms with Gasteiger partial charge in [0.25, 0.3) is 0 Å². The Labute approximate surface area is 191 Å². The number of hydrogen-bond acceptors (Lipinski definition) is 4. The molecule has 31 heavy (non-hydrogen) atoms. The van der Waals surface area contributed by atoms with Gasteiger partial charge in [0.05, 0.1) is 11.6 Å². The molecule has 3 rings (SSSR count). The molecule has 0 heterocycles. The lowest BCUT2D eigenvalue weighted by atomic mass is 9.97. The summed E-state index contributed by atoms with van der Waals surface area (Å²) in [7, 11) is 0. The Morgan fingerprint density at radius 1 is 1.35 bits per heavy atom. The van der Waals surface area contributed by atoms with Crippen molar-refractivity contribution < 1.29 is 0 Å². The number of nitrogens with zero attached hydrogens (tertiary/aromatic N) is 2. The molecule has 160 valence electrons. The molecule has 2 aromatic carbocycles. The molecule has 0 fully saturated rings. The summed E-state index contributed by atoms with van der Waals surface area (Å²) in [6, 6.07) is 15.6. The lowest BCUT2D eigenvalue weighted by Gasteiger charge is -2.15. The van der Waals surface area contributed by atoms with Crippen molar-refractivity contribution in [1.29, 1.82) is 5.26 Å². The summed E-state index contributed by atoms with van der Waals surface area (Å²) in [4.78, 5) is 5.21. The third kappa shape index (κ3) is 5.76.